The molecule has 1 heterocycles. The van der Waals surface area contributed by atoms with Crippen LogP contribution in [-0.2, 0) is 4.79 Å². The number of methoxy groups -OCH3 is 2. The van der Waals surface area contributed by atoms with Crippen molar-refractivity contribution in [1.82, 2.24) is 9.69 Å². The summed E-state index contributed by atoms with van der Waals surface area (Å²) in [4.78, 5) is 30.4. The molecule has 0 saturated heterocycles. The fourth-order valence-corrected chi connectivity index (χ4v) is 5.99. The molecule has 0 unspecified atom stereocenters. The molecule has 4 aromatic rings. The van der Waals surface area contributed by atoms with E-state index in [1.54, 1.807) is 31.3 Å². The SMILES string of the molecule is COc1ccc(-c2nsc(C(=O)N(c3cccc(C)c3)[C@@H](C(=O)NC3CCCC3)c3ccc(OC)cc3)c2N)cc1. The average molecular weight is 571 g/mol. The molecule has 3 N–H and O–H groups in total. The molecule has 0 radical (unpaired) electrons. The molecule has 0 aliphatic heterocycles. The lowest BCUT2D eigenvalue weighted by Gasteiger charge is -2.32. The lowest BCUT2D eigenvalue weighted by atomic mass is 10.0. The molecule has 8 nitrogen and oxygen atoms in total. The Kier molecular flexibility index (Phi) is 8.54. The van der Waals surface area contributed by atoms with Crippen molar-refractivity contribution >= 4 is 34.7 Å². The highest BCUT2D eigenvalue weighted by molar-refractivity contribution is 7.09. The molecule has 1 aromatic heterocycles. The molecule has 0 bridgehead atoms. The van der Waals surface area contributed by atoms with Crippen molar-refractivity contribution in [2.24, 2.45) is 0 Å². The monoisotopic (exact) mass is 570 g/mol. The highest BCUT2D eigenvalue weighted by Gasteiger charge is 2.37. The summed E-state index contributed by atoms with van der Waals surface area (Å²) in [7, 11) is 3.19. The van der Waals surface area contributed by atoms with Gasteiger partial charge < -0.3 is 20.5 Å². The number of rotatable bonds is 9. The number of aromatic nitrogens is 1. The maximum absolute atomic E-state index is 14.5. The highest BCUT2D eigenvalue weighted by atomic mass is 32.1. The van der Waals surface area contributed by atoms with Gasteiger partial charge in [0.05, 0.1) is 19.9 Å². The number of carbonyl (C=O) groups is 2. The second-order valence-corrected chi connectivity index (χ2v) is 11.0. The number of benzene rings is 3. The van der Waals surface area contributed by atoms with Crippen molar-refractivity contribution in [2.75, 3.05) is 24.9 Å². The van der Waals surface area contributed by atoms with Gasteiger partial charge in [0.2, 0.25) is 5.91 Å². The summed E-state index contributed by atoms with van der Waals surface area (Å²) in [5.74, 6) is 0.733. The summed E-state index contributed by atoms with van der Waals surface area (Å²) in [5, 5.41) is 3.21. The Morgan fingerprint density at radius 1 is 0.976 bits per heavy atom. The van der Waals surface area contributed by atoms with Gasteiger partial charge in [-0.2, -0.15) is 4.37 Å². The lowest BCUT2D eigenvalue weighted by molar-refractivity contribution is -0.123. The molecule has 3 aromatic carbocycles. The first-order valence-electron chi connectivity index (χ1n) is 13.6. The minimum atomic E-state index is -0.943. The number of aryl methyl sites for hydroxylation is 1. The smallest absolute Gasteiger partial charge is 0.273 e. The van der Waals surface area contributed by atoms with E-state index in [0.29, 0.717) is 28.4 Å². The Bertz CT molecular complexity index is 1510. The minimum Gasteiger partial charge on any atom is -0.497 e. The molecule has 0 spiro atoms. The maximum atomic E-state index is 14.5. The topological polar surface area (TPSA) is 107 Å². The Balaban J connectivity index is 1.60. The van der Waals surface area contributed by atoms with Crippen LogP contribution in [0.4, 0.5) is 11.4 Å². The van der Waals surface area contributed by atoms with E-state index < -0.39 is 11.9 Å². The predicted octanol–water partition coefficient (Wildman–Crippen LogP) is 6.16. The zero-order valence-electron chi connectivity index (χ0n) is 23.4. The van der Waals surface area contributed by atoms with E-state index in [0.717, 1.165) is 48.3 Å². The van der Waals surface area contributed by atoms with Crippen LogP contribution in [-0.4, -0.2) is 36.4 Å². The third-order valence-corrected chi connectivity index (χ3v) is 8.27. The second kappa shape index (κ2) is 12.4. The zero-order chi connectivity index (χ0) is 28.9. The van der Waals surface area contributed by atoms with Crippen LogP contribution >= 0.6 is 11.5 Å². The number of nitrogens with two attached hydrogens (primary N) is 1. The number of ether oxygens (including phenoxy) is 2. The Morgan fingerprint density at radius 3 is 2.22 bits per heavy atom. The van der Waals surface area contributed by atoms with Gasteiger partial charge in [0, 0.05) is 17.3 Å². The van der Waals surface area contributed by atoms with E-state index in [4.69, 9.17) is 15.2 Å². The van der Waals surface area contributed by atoms with Crippen LogP contribution in [0.5, 0.6) is 11.5 Å². The Morgan fingerprint density at radius 2 is 1.61 bits per heavy atom. The normalized spacial score (nSPS) is 13.9. The number of carbonyl (C=O) groups excluding carboxylic acids is 2. The van der Waals surface area contributed by atoms with Gasteiger partial charge in [-0.15, -0.1) is 0 Å². The van der Waals surface area contributed by atoms with Crippen molar-refractivity contribution in [2.45, 2.75) is 44.7 Å². The van der Waals surface area contributed by atoms with Crippen LogP contribution in [0.25, 0.3) is 11.3 Å². The number of hydrogen-bond acceptors (Lipinski definition) is 7. The molecule has 1 saturated carbocycles. The molecule has 1 aliphatic carbocycles. The number of nitrogens with zero attached hydrogens (tertiary/aromatic N) is 2. The van der Waals surface area contributed by atoms with Gasteiger partial charge in [0.25, 0.3) is 5.91 Å². The zero-order valence-corrected chi connectivity index (χ0v) is 24.2. The minimum absolute atomic E-state index is 0.0767. The largest absolute Gasteiger partial charge is 0.497 e. The fraction of sp³-hybridized carbons (Fsp3) is 0.281. The van der Waals surface area contributed by atoms with E-state index >= 15 is 0 Å². The first-order chi connectivity index (χ1) is 19.9. The fourth-order valence-electron chi connectivity index (χ4n) is 5.23. The summed E-state index contributed by atoms with van der Waals surface area (Å²) in [5.41, 5.74) is 10.4. The molecule has 5 rings (SSSR count). The third kappa shape index (κ3) is 6.05. The molecular weight excluding hydrogens is 536 g/mol. The van der Waals surface area contributed by atoms with Gasteiger partial charge in [-0.05, 0) is 91.0 Å². The molecule has 2 amide bonds. The third-order valence-electron chi connectivity index (χ3n) is 7.42. The highest BCUT2D eigenvalue weighted by Crippen LogP contribution is 2.37. The number of hydrogen-bond donors (Lipinski definition) is 2. The molecule has 212 valence electrons. The van der Waals surface area contributed by atoms with E-state index in [-0.39, 0.29) is 22.5 Å². The van der Waals surface area contributed by atoms with E-state index in [9.17, 15) is 9.59 Å². The number of anilines is 2. The first kappa shape index (κ1) is 28.2. The van der Waals surface area contributed by atoms with Crippen molar-refractivity contribution in [1.29, 1.82) is 0 Å². The van der Waals surface area contributed by atoms with Gasteiger partial charge in [-0.3, -0.25) is 14.5 Å². The number of nitrogen functional groups attached to an aromatic ring is 1. The van der Waals surface area contributed by atoms with Crippen LogP contribution < -0.4 is 25.4 Å². The molecule has 1 fully saturated rings. The quantitative estimate of drug-likeness (QED) is 0.249. The molecular formula is C32H34N4O4S. The van der Waals surface area contributed by atoms with Crippen LogP contribution in [0.1, 0.15) is 52.5 Å². The van der Waals surface area contributed by atoms with Gasteiger partial charge in [-0.1, -0.05) is 37.1 Å². The standard InChI is InChI=1S/C32H34N4O4S/c1-20-7-6-10-24(19-20)36(32(38)30-27(33)28(35-41-30)21-11-15-25(39-2)16-12-21)29(22-13-17-26(40-3)18-14-22)31(37)34-23-8-4-5-9-23/h6-7,10-19,23,29H,4-5,8-9,33H2,1-3H3,(H,34,37)/t29-/m1/s1. The van der Waals surface area contributed by atoms with Crippen molar-refractivity contribution < 1.29 is 19.1 Å². The number of nitrogens with one attached hydrogen (secondary N) is 1. The Labute approximate surface area is 244 Å². The van der Waals surface area contributed by atoms with Crippen molar-refractivity contribution in [3.63, 3.8) is 0 Å². The summed E-state index contributed by atoms with van der Waals surface area (Å²) in [6, 6.07) is 21.3. The molecule has 1 atom stereocenters. The molecule has 1 aliphatic rings. The molecule has 41 heavy (non-hydrogen) atoms. The van der Waals surface area contributed by atoms with E-state index in [1.807, 2.05) is 67.6 Å². The number of amides is 2. The summed E-state index contributed by atoms with van der Waals surface area (Å²) < 4.78 is 15.2. The maximum Gasteiger partial charge on any atom is 0.273 e. The van der Waals surface area contributed by atoms with Gasteiger partial charge in [0.1, 0.15) is 28.1 Å². The summed E-state index contributed by atoms with van der Waals surface area (Å²) in [6.07, 6.45) is 3.99. The molecule has 9 heteroatoms. The van der Waals surface area contributed by atoms with E-state index in [1.165, 1.54) is 0 Å². The van der Waals surface area contributed by atoms with E-state index in [2.05, 4.69) is 9.69 Å². The lowest BCUT2D eigenvalue weighted by Crippen LogP contribution is -2.46. The second-order valence-electron chi connectivity index (χ2n) is 10.2. The Hall–Kier alpha value is -4.37. The van der Waals surface area contributed by atoms with Crippen LogP contribution in [0.3, 0.4) is 0 Å². The van der Waals surface area contributed by atoms with Crippen LogP contribution in [0.15, 0.2) is 72.8 Å². The summed E-state index contributed by atoms with van der Waals surface area (Å²) >= 11 is 1.03. The van der Waals surface area contributed by atoms with Gasteiger partial charge in [0.15, 0.2) is 0 Å². The van der Waals surface area contributed by atoms with Crippen LogP contribution in [0.2, 0.25) is 0 Å². The summed E-state index contributed by atoms with van der Waals surface area (Å²) in [6.45, 7) is 1.95. The average Bonchev–Trinajstić information content (AvgIpc) is 3.65. The van der Waals surface area contributed by atoms with Crippen molar-refractivity contribution in [3.05, 3.63) is 88.8 Å². The van der Waals surface area contributed by atoms with Crippen molar-refractivity contribution in [3.8, 4) is 22.8 Å². The first-order valence-corrected chi connectivity index (χ1v) is 14.4. The predicted molar refractivity (Wildman–Crippen MR) is 163 cm³/mol. The van der Waals surface area contributed by atoms with Crippen LogP contribution in [0, 0.1) is 6.92 Å². The van der Waals surface area contributed by atoms with Gasteiger partial charge in [-0.25, -0.2) is 0 Å². The van der Waals surface area contributed by atoms with Gasteiger partial charge >= 0.3 is 0 Å².